The van der Waals surface area contributed by atoms with Crippen LogP contribution in [0.3, 0.4) is 0 Å². The number of benzene rings is 3. The first kappa shape index (κ1) is 21.5. The molecular formula is C24H18ClF2N3O2. The second-order valence-corrected chi connectivity index (χ2v) is 7.73. The molecule has 3 aromatic carbocycles. The zero-order valence-corrected chi connectivity index (χ0v) is 17.9. The highest BCUT2D eigenvalue weighted by Gasteiger charge is 2.20. The summed E-state index contributed by atoms with van der Waals surface area (Å²) >= 11 is 6.25. The summed E-state index contributed by atoms with van der Waals surface area (Å²) in [7, 11) is 1.59. The summed E-state index contributed by atoms with van der Waals surface area (Å²) in [5.74, 6) is -1.70. The number of aromatic nitrogens is 1. The molecule has 5 nitrogen and oxygen atoms in total. The molecule has 0 saturated heterocycles. The lowest BCUT2D eigenvalue weighted by atomic mass is 9.95. The molecule has 0 atom stereocenters. The number of aryl methyl sites for hydroxylation is 2. The number of anilines is 2. The molecule has 0 unspecified atom stereocenters. The number of pyridine rings is 1. The first-order chi connectivity index (χ1) is 15.3. The van der Waals surface area contributed by atoms with E-state index < -0.39 is 23.2 Å². The van der Waals surface area contributed by atoms with E-state index in [1.165, 1.54) is 4.57 Å². The fraction of sp³-hybridized carbons (Fsp3) is 0.0833. The number of carbonyl (C=O) groups excluding carboxylic acids is 1. The van der Waals surface area contributed by atoms with Gasteiger partial charge in [-0.2, -0.15) is 0 Å². The molecule has 0 bridgehead atoms. The number of amides is 2. The third-order valence-electron chi connectivity index (χ3n) is 5.19. The van der Waals surface area contributed by atoms with Crippen molar-refractivity contribution in [1.29, 1.82) is 0 Å². The predicted molar refractivity (Wildman–Crippen MR) is 123 cm³/mol. The second-order valence-electron chi connectivity index (χ2n) is 7.29. The molecule has 2 amide bonds. The van der Waals surface area contributed by atoms with E-state index in [1.54, 1.807) is 25.2 Å². The number of rotatable bonds is 3. The largest absolute Gasteiger partial charge is 0.323 e. The average Bonchev–Trinajstić information content (AvgIpc) is 2.75. The fourth-order valence-electron chi connectivity index (χ4n) is 3.63. The van der Waals surface area contributed by atoms with Gasteiger partial charge in [0, 0.05) is 29.1 Å². The van der Waals surface area contributed by atoms with Crippen LogP contribution >= 0.6 is 11.6 Å². The quantitative estimate of drug-likeness (QED) is 0.394. The summed E-state index contributed by atoms with van der Waals surface area (Å²) in [5, 5.41) is 6.01. The van der Waals surface area contributed by atoms with Crippen LogP contribution in [0.4, 0.5) is 25.0 Å². The van der Waals surface area contributed by atoms with Crippen molar-refractivity contribution < 1.29 is 13.6 Å². The van der Waals surface area contributed by atoms with E-state index in [1.807, 2.05) is 31.2 Å². The summed E-state index contributed by atoms with van der Waals surface area (Å²) in [6, 6.07) is 14.5. The monoisotopic (exact) mass is 453 g/mol. The Balaban J connectivity index is 1.89. The van der Waals surface area contributed by atoms with Crippen molar-refractivity contribution in [3.63, 3.8) is 0 Å². The maximum atomic E-state index is 14.0. The van der Waals surface area contributed by atoms with Crippen molar-refractivity contribution in [2.45, 2.75) is 6.92 Å². The molecule has 0 saturated carbocycles. The van der Waals surface area contributed by atoms with Gasteiger partial charge >= 0.3 is 6.03 Å². The Morgan fingerprint density at radius 3 is 2.47 bits per heavy atom. The van der Waals surface area contributed by atoms with Crippen molar-refractivity contribution in [2.24, 2.45) is 7.05 Å². The standard InChI is InChI=1S/C24H18ClF2N3O2/c1-13-5-3-4-6-16(13)21-17-11-14(25)7-10-20(17)30(2)23(31)22(21)29-24(32)28-19-9-8-15(26)12-18(19)27/h3-12H,1-2H3,(H2,28,29,32). The maximum Gasteiger partial charge on any atom is 0.323 e. The van der Waals surface area contributed by atoms with E-state index in [-0.39, 0.29) is 11.4 Å². The fourth-order valence-corrected chi connectivity index (χ4v) is 3.80. The molecule has 4 aromatic rings. The lowest BCUT2D eigenvalue weighted by molar-refractivity contribution is 0.262. The number of nitrogens with zero attached hydrogens (tertiary/aromatic N) is 1. The Morgan fingerprint density at radius 1 is 1.00 bits per heavy atom. The first-order valence-electron chi connectivity index (χ1n) is 9.67. The Hall–Kier alpha value is -3.71. The summed E-state index contributed by atoms with van der Waals surface area (Å²) in [6.45, 7) is 1.89. The molecule has 0 spiro atoms. The molecule has 4 rings (SSSR count). The van der Waals surface area contributed by atoms with Gasteiger partial charge in [-0.3, -0.25) is 4.79 Å². The maximum absolute atomic E-state index is 14.0. The van der Waals surface area contributed by atoms with E-state index in [0.717, 1.165) is 23.3 Å². The number of halogens is 3. The van der Waals surface area contributed by atoms with Crippen LogP contribution in [0.15, 0.2) is 65.5 Å². The molecule has 1 heterocycles. The zero-order valence-electron chi connectivity index (χ0n) is 17.2. The van der Waals surface area contributed by atoms with Gasteiger partial charge < -0.3 is 15.2 Å². The van der Waals surface area contributed by atoms with Crippen molar-refractivity contribution in [3.8, 4) is 11.1 Å². The van der Waals surface area contributed by atoms with Crippen LogP contribution in [-0.2, 0) is 7.05 Å². The normalized spacial score (nSPS) is 10.9. The van der Waals surface area contributed by atoms with Crippen molar-refractivity contribution in [2.75, 3.05) is 10.6 Å². The second kappa shape index (κ2) is 8.43. The van der Waals surface area contributed by atoms with Crippen LogP contribution in [0, 0.1) is 18.6 Å². The van der Waals surface area contributed by atoms with Crippen LogP contribution in [0.5, 0.6) is 0 Å². The zero-order chi connectivity index (χ0) is 23.0. The van der Waals surface area contributed by atoms with E-state index in [4.69, 9.17) is 11.6 Å². The Morgan fingerprint density at radius 2 is 1.75 bits per heavy atom. The van der Waals surface area contributed by atoms with Crippen LogP contribution in [0.1, 0.15) is 5.56 Å². The van der Waals surface area contributed by atoms with Crippen molar-refractivity contribution in [3.05, 3.63) is 93.2 Å². The van der Waals surface area contributed by atoms with Gasteiger partial charge in [0.05, 0.1) is 11.2 Å². The van der Waals surface area contributed by atoms with Gasteiger partial charge in [0.15, 0.2) is 0 Å². The van der Waals surface area contributed by atoms with Crippen LogP contribution < -0.4 is 16.2 Å². The summed E-state index contributed by atoms with van der Waals surface area (Å²) in [5.41, 5.74) is 2.09. The number of carbonyl (C=O) groups is 1. The van der Waals surface area contributed by atoms with Crippen LogP contribution in [-0.4, -0.2) is 10.6 Å². The molecule has 0 aliphatic carbocycles. The summed E-state index contributed by atoms with van der Waals surface area (Å²) < 4.78 is 28.5. The molecule has 32 heavy (non-hydrogen) atoms. The van der Waals surface area contributed by atoms with Gasteiger partial charge in [0.25, 0.3) is 5.56 Å². The summed E-state index contributed by atoms with van der Waals surface area (Å²) in [4.78, 5) is 25.9. The van der Waals surface area contributed by atoms with E-state index in [2.05, 4.69) is 10.6 Å². The summed E-state index contributed by atoms with van der Waals surface area (Å²) in [6.07, 6.45) is 0. The molecule has 0 aliphatic rings. The Bertz CT molecular complexity index is 1430. The minimum absolute atomic E-state index is 0.0107. The van der Waals surface area contributed by atoms with Gasteiger partial charge in [-0.1, -0.05) is 35.9 Å². The topological polar surface area (TPSA) is 63.1 Å². The number of nitrogens with one attached hydrogen (secondary N) is 2. The molecule has 0 radical (unpaired) electrons. The first-order valence-corrected chi connectivity index (χ1v) is 10.1. The van der Waals surface area contributed by atoms with Gasteiger partial charge in [0.2, 0.25) is 0 Å². The SMILES string of the molecule is Cc1ccccc1-c1c(NC(=O)Nc2ccc(F)cc2F)c(=O)n(C)c2ccc(Cl)cc12. The molecule has 1 aromatic heterocycles. The Labute approximate surface area is 187 Å². The minimum Gasteiger partial charge on any atom is -0.310 e. The van der Waals surface area contributed by atoms with Crippen LogP contribution in [0.25, 0.3) is 22.0 Å². The lowest BCUT2D eigenvalue weighted by Crippen LogP contribution is -2.28. The molecule has 162 valence electrons. The molecular weight excluding hydrogens is 436 g/mol. The number of hydrogen-bond acceptors (Lipinski definition) is 2. The third-order valence-corrected chi connectivity index (χ3v) is 5.43. The van der Waals surface area contributed by atoms with Crippen molar-refractivity contribution >= 4 is 39.9 Å². The van der Waals surface area contributed by atoms with Crippen LogP contribution in [0.2, 0.25) is 5.02 Å². The smallest absolute Gasteiger partial charge is 0.310 e. The van der Waals surface area contributed by atoms with E-state index in [9.17, 15) is 18.4 Å². The van der Waals surface area contributed by atoms with E-state index >= 15 is 0 Å². The predicted octanol–water partition coefficient (Wildman–Crippen LogP) is 6.09. The van der Waals surface area contributed by atoms with Gasteiger partial charge in [-0.15, -0.1) is 0 Å². The highest BCUT2D eigenvalue weighted by atomic mass is 35.5. The third kappa shape index (κ3) is 3.94. The number of fused-ring (bicyclic) bond motifs is 1. The molecule has 8 heteroatoms. The van der Waals surface area contributed by atoms with Gasteiger partial charge in [-0.25, -0.2) is 13.6 Å². The molecule has 0 fully saturated rings. The lowest BCUT2D eigenvalue weighted by Gasteiger charge is -2.18. The molecule has 0 aliphatic heterocycles. The van der Waals surface area contributed by atoms with Crippen molar-refractivity contribution in [1.82, 2.24) is 4.57 Å². The van der Waals surface area contributed by atoms with E-state index in [0.29, 0.717) is 27.6 Å². The van der Waals surface area contributed by atoms with Gasteiger partial charge in [-0.05, 0) is 48.4 Å². The number of hydrogen-bond donors (Lipinski definition) is 2. The highest BCUT2D eigenvalue weighted by Crippen LogP contribution is 2.36. The Kier molecular flexibility index (Phi) is 5.67. The average molecular weight is 454 g/mol. The highest BCUT2D eigenvalue weighted by molar-refractivity contribution is 6.31. The number of urea groups is 1. The minimum atomic E-state index is -0.933. The molecule has 2 N–H and O–H groups in total. The van der Waals surface area contributed by atoms with Gasteiger partial charge in [0.1, 0.15) is 17.3 Å².